The summed E-state index contributed by atoms with van der Waals surface area (Å²) in [6, 6.07) is 7.69. The topological polar surface area (TPSA) is 41.5 Å². The normalized spacial score (nSPS) is 27.2. The highest BCUT2D eigenvalue weighted by Gasteiger charge is 2.37. The average Bonchev–Trinajstić information content (AvgIpc) is 2.41. The number of benzene rings is 1. The van der Waals surface area contributed by atoms with E-state index in [9.17, 15) is 4.79 Å². The first-order chi connectivity index (χ1) is 8.75. The number of hydrogen-bond acceptors (Lipinski definition) is 2. The van der Waals surface area contributed by atoms with Gasteiger partial charge in [-0.25, -0.2) is 5.43 Å². The fourth-order valence-corrected chi connectivity index (χ4v) is 3.08. The van der Waals surface area contributed by atoms with Gasteiger partial charge in [0.25, 0.3) is 0 Å². The zero-order valence-corrected chi connectivity index (χ0v) is 10.8. The Morgan fingerprint density at radius 1 is 1.11 bits per heavy atom. The molecule has 1 fully saturated rings. The van der Waals surface area contributed by atoms with Gasteiger partial charge in [0.15, 0.2) is 0 Å². The number of amides is 1. The Bertz CT molecular complexity index is 495. The molecule has 2 atom stereocenters. The third-order valence-corrected chi connectivity index (χ3v) is 4.13. The van der Waals surface area contributed by atoms with E-state index >= 15 is 0 Å². The molecule has 3 nitrogen and oxygen atoms in total. The van der Waals surface area contributed by atoms with Crippen molar-refractivity contribution in [2.75, 3.05) is 0 Å². The molecule has 0 radical (unpaired) electrons. The van der Waals surface area contributed by atoms with Gasteiger partial charge in [-0.2, -0.15) is 5.10 Å². The van der Waals surface area contributed by atoms with Crippen molar-refractivity contribution < 1.29 is 4.79 Å². The third-order valence-electron chi connectivity index (χ3n) is 3.88. The largest absolute Gasteiger partial charge is 0.273 e. The highest BCUT2D eigenvalue weighted by molar-refractivity contribution is 6.30. The molecule has 1 N–H and O–H groups in total. The summed E-state index contributed by atoms with van der Waals surface area (Å²) in [6.07, 6.45) is 4.35. The van der Waals surface area contributed by atoms with Gasteiger partial charge in [0.2, 0.25) is 5.91 Å². The van der Waals surface area contributed by atoms with Crippen molar-refractivity contribution in [3.63, 3.8) is 0 Å². The second-order valence-electron chi connectivity index (χ2n) is 4.98. The van der Waals surface area contributed by atoms with Gasteiger partial charge < -0.3 is 0 Å². The molecule has 1 aromatic carbocycles. The number of rotatable bonds is 1. The maximum absolute atomic E-state index is 11.8. The number of nitrogens with zero attached hydrogens (tertiary/aromatic N) is 1. The Morgan fingerprint density at radius 3 is 2.50 bits per heavy atom. The molecule has 0 unspecified atom stereocenters. The molecule has 18 heavy (non-hydrogen) atoms. The molecule has 94 valence electrons. The van der Waals surface area contributed by atoms with Gasteiger partial charge >= 0.3 is 0 Å². The van der Waals surface area contributed by atoms with Crippen LogP contribution in [-0.4, -0.2) is 11.6 Å². The molecule has 1 aliphatic carbocycles. The van der Waals surface area contributed by atoms with Crippen molar-refractivity contribution >= 4 is 23.2 Å². The summed E-state index contributed by atoms with van der Waals surface area (Å²) in [6.45, 7) is 0. The third kappa shape index (κ3) is 2.03. The van der Waals surface area contributed by atoms with Gasteiger partial charge in [-0.3, -0.25) is 4.79 Å². The SMILES string of the molecule is O=C1NN=C(c2ccc(Cl)cc2)[C@H]2CCCC[C@@H]12. The quantitative estimate of drug-likeness (QED) is 0.831. The highest BCUT2D eigenvalue weighted by Crippen LogP contribution is 2.35. The molecule has 4 heteroatoms. The summed E-state index contributed by atoms with van der Waals surface area (Å²) >= 11 is 5.90. The van der Waals surface area contributed by atoms with Gasteiger partial charge in [0.05, 0.1) is 5.71 Å². The summed E-state index contributed by atoms with van der Waals surface area (Å²) in [5, 5.41) is 4.99. The molecule has 0 spiro atoms. The average molecular weight is 263 g/mol. The lowest BCUT2D eigenvalue weighted by Crippen LogP contribution is -2.43. The van der Waals surface area contributed by atoms with Crippen LogP contribution in [0.25, 0.3) is 0 Å². The van der Waals surface area contributed by atoms with Gasteiger partial charge in [-0.05, 0) is 30.5 Å². The minimum absolute atomic E-state index is 0.0809. The number of hydrazone groups is 1. The van der Waals surface area contributed by atoms with Crippen LogP contribution in [0.15, 0.2) is 29.4 Å². The number of hydrogen-bond donors (Lipinski definition) is 1. The Balaban J connectivity index is 1.95. The van der Waals surface area contributed by atoms with Gasteiger partial charge in [-0.1, -0.05) is 36.6 Å². The maximum atomic E-state index is 11.8. The minimum atomic E-state index is 0.0809. The van der Waals surface area contributed by atoms with Crippen LogP contribution in [0.3, 0.4) is 0 Å². The lowest BCUT2D eigenvalue weighted by molar-refractivity contribution is -0.127. The predicted molar refractivity (Wildman–Crippen MR) is 71.6 cm³/mol. The molecule has 2 aliphatic rings. The van der Waals surface area contributed by atoms with E-state index in [4.69, 9.17) is 11.6 Å². The van der Waals surface area contributed by atoms with Crippen LogP contribution in [0.1, 0.15) is 31.2 Å². The van der Waals surface area contributed by atoms with Gasteiger partial charge in [0, 0.05) is 16.9 Å². The number of nitrogens with one attached hydrogen (secondary N) is 1. The summed E-state index contributed by atoms with van der Waals surface area (Å²) in [4.78, 5) is 11.8. The van der Waals surface area contributed by atoms with Crippen LogP contribution < -0.4 is 5.43 Å². The monoisotopic (exact) mass is 262 g/mol. The molecule has 1 amide bonds. The fourth-order valence-electron chi connectivity index (χ4n) is 2.95. The number of halogens is 1. The van der Waals surface area contributed by atoms with Gasteiger partial charge in [0.1, 0.15) is 0 Å². The summed E-state index contributed by atoms with van der Waals surface area (Å²) in [5.41, 5.74) is 4.74. The first-order valence-electron chi connectivity index (χ1n) is 6.39. The molecule has 3 rings (SSSR count). The van der Waals surface area contributed by atoms with Crippen molar-refractivity contribution in [3.8, 4) is 0 Å². The van der Waals surface area contributed by atoms with Crippen molar-refractivity contribution in [1.82, 2.24) is 5.43 Å². The fraction of sp³-hybridized carbons (Fsp3) is 0.429. The van der Waals surface area contributed by atoms with E-state index in [1.165, 1.54) is 6.42 Å². The smallest absolute Gasteiger partial charge is 0.243 e. The van der Waals surface area contributed by atoms with E-state index in [2.05, 4.69) is 10.5 Å². The van der Waals surface area contributed by atoms with Crippen LogP contribution in [0.2, 0.25) is 5.02 Å². The van der Waals surface area contributed by atoms with E-state index in [0.717, 1.165) is 35.6 Å². The molecular formula is C14H15ClN2O. The van der Waals surface area contributed by atoms with Crippen molar-refractivity contribution in [1.29, 1.82) is 0 Å². The maximum Gasteiger partial charge on any atom is 0.243 e. The van der Waals surface area contributed by atoms with Crippen LogP contribution in [-0.2, 0) is 4.79 Å². The molecule has 1 saturated carbocycles. The van der Waals surface area contributed by atoms with Crippen LogP contribution >= 0.6 is 11.6 Å². The number of carbonyl (C=O) groups is 1. The van der Waals surface area contributed by atoms with Crippen molar-refractivity contribution in [3.05, 3.63) is 34.9 Å². The van der Waals surface area contributed by atoms with Crippen LogP contribution in [0, 0.1) is 11.8 Å². The molecule has 0 saturated heterocycles. The van der Waals surface area contributed by atoms with Gasteiger partial charge in [-0.15, -0.1) is 0 Å². The highest BCUT2D eigenvalue weighted by atomic mass is 35.5. The Kier molecular flexibility index (Phi) is 3.08. The predicted octanol–water partition coefficient (Wildman–Crippen LogP) is 2.98. The first-order valence-corrected chi connectivity index (χ1v) is 6.77. The summed E-state index contributed by atoms with van der Waals surface area (Å²) < 4.78 is 0. The van der Waals surface area contributed by atoms with E-state index in [-0.39, 0.29) is 17.7 Å². The molecule has 0 aromatic heterocycles. The standard InChI is InChI=1S/C14H15ClN2O/c15-10-7-5-9(6-8-10)13-11-3-1-2-4-12(11)14(18)17-16-13/h5-8,11-12H,1-4H2,(H,17,18)/t11-,12+/m0/s1. The summed E-state index contributed by atoms with van der Waals surface area (Å²) in [7, 11) is 0. The van der Waals surface area contributed by atoms with E-state index in [1.807, 2.05) is 24.3 Å². The van der Waals surface area contributed by atoms with E-state index < -0.39 is 0 Å². The minimum Gasteiger partial charge on any atom is -0.273 e. The zero-order valence-electron chi connectivity index (χ0n) is 10.0. The molecule has 1 aromatic rings. The Morgan fingerprint density at radius 2 is 1.78 bits per heavy atom. The zero-order chi connectivity index (χ0) is 12.5. The van der Waals surface area contributed by atoms with E-state index in [1.54, 1.807) is 0 Å². The molecular weight excluding hydrogens is 248 g/mol. The number of fused-ring (bicyclic) bond motifs is 1. The van der Waals surface area contributed by atoms with E-state index in [0.29, 0.717) is 0 Å². The molecule has 1 aliphatic heterocycles. The lowest BCUT2D eigenvalue weighted by Gasteiger charge is -2.34. The van der Waals surface area contributed by atoms with Crippen LogP contribution in [0.4, 0.5) is 0 Å². The molecule has 0 bridgehead atoms. The number of carbonyl (C=O) groups excluding carboxylic acids is 1. The molecule has 1 heterocycles. The summed E-state index contributed by atoms with van der Waals surface area (Å²) in [5.74, 6) is 0.452. The Hall–Kier alpha value is -1.35. The van der Waals surface area contributed by atoms with Crippen molar-refractivity contribution in [2.45, 2.75) is 25.7 Å². The first kappa shape index (κ1) is 11.7. The van der Waals surface area contributed by atoms with Crippen molar-refractivity contribution in [2.24, 2.45) is 16.9 Å². The lowest BCUT2D eigenvalue weighted by atomic mass is 9.74. The Labute approximate surface area is 111 Å². The van der Waals surface area contributed by atoms with Crippen LogP contribution in [0.5, 0.6) is 0 Å². The second-order valence-corrected chi connectivity index (χ2v) is 5.41. The second kappa shape index (κ2) is 4.73.